The predicted molar refractivity (Wildman–Crippen MR) is 107 cm³/mol. The van der Waals surface area contributed by atoms with Crippen LogP contribution in [0.3, 0.4) is 0 Å². The van der Waals surface area contributed by atoms with Crippen LogP contribution in [0, 0.1) is 22.7 Å². The first-order valence-corrected chi connectivity index (χ1v) is 9.81. The number of benzene rings is 1. The molecule has 0 aliphatic rings. The Bertz CT molecular complexity index is 1180. The number of pyridine rings is 1. The number of H-pyrrole nitrogens is 1. The predicted octanol–water partition coefficient (Wildman–Crippen LogP) is 4.30. The van der Waals surface area contributed by atoms with Gasteiger partial charge >= 0.3 is 0 Å². The lowest BCUT2D eigenvalue weighted by Crippen LogP contribution is -2.03. The van der Waals surface area contributed by atoms with E-state index >= 15 is 0 Å². The Kier molecular flexibility index (Phi) is 4.51. The third-order valence-corrected chi connectivity index (χ3v) is 5.84. The lowest BCUT2D eigenvalue weighted by atomic mass is 10.0. The number of anilines is 1. The van der Waals surface area contributed by atoms with Crippen LogP contribution in [0.4, 0.5) is 5.82 Å². The lowest BCUT2D eigenvalue weighted by molar-refractivity contribution is 1.09. The van der Waals surface area contributed by atoms with Crippen molar-refractivity contribution in [2.75, 3.05) is 5.73 Å². The SMILES string of the molecule is N#Cc1c(N)nc(SCc2nc3ccccc3[nH]2)c(C#N)c1-c1cccs1. The van der Waals surface area contributed by atoms with Crippen molar-refractivity contribution in [3.8, 4) is 22.6 Å². The maximum atomic E-state index is 9.75. The molecule has 1 aromatic carbocycles. The fraction of sp³-hybridized carbons (Fsp3) is 0.0526. The van der Waals surface area contributed by atoms with Gasteiger partial charge in [0.25, 0.3) is 0 Å². The Morgan fingerprint density at radius 1 is 1.07 bits per heavy atom. The van der Waals surface area contributed by atoms with E-state index in [1.165, 1.54) is 23.1 Å². The van der Waals surface area contributed by atoms with Crippen LogP contribution in [0.2, 0.25) is 0 Å². The molecule has 0 unspecified atom stereocenters. The van der Waals surface area contributed by atoms with E-state index in [0.29, 0.717) is 21.9 Å². The van der Waals surface area contributed by atoms with Crippen molar-refractivity contribution in [2.45, 2.75) is 10.8 Å². The number of aromatic amines is 1. The third kappa shape index (κ3) is 3.13. The minimum atomic E-state index is 0.131. The van der Waals surface area contributed by atoms with Gasteiger partial charge in [-0.2, -0.15) is 10.5 Å². The number of nitrogens with one attached hydrogen (secondary N) is 1. The maximum Gasteiger partial charge on any atom is 0.143 e. The number of rotatable bonds is 4. The zero-order valence-electron chi connectivity index (χ0n) is 13.9. The second-order valence-electron chi connectivity index (χ2n) is 5.62. The van der Waals surface area contributed by atoms with Crippen molar-refractivity contribution >= 4 is 39.9 Å². The molecule has 0 fully saturated rings. The van der Waals surface area contributed by atoms with Gasteiger partial charge in [-0.1, -0.05) is 30.0 Å². The van der Waals surface area contributed by atoms with Gasteiger partial charge < -0.3 is 10.7 Å². The molecule has 0 saturated carbocycles. The number of nitrogens with zero attached hydrogens (tertiary/aromatic N) is 4. The number of thioether (sulfide) groups is 1. The van der Waals surface area contributed by atoms with Crippen molar-refractivity contribution in [3.05, 3.63) is 58.7 Å². The van der Waals surface area contributed by atoms with Crippen LogP contribution < -0.4 is 5.73 Å². The molecule has 4 aromatic rings. The van der Waals surface area contributed by atoms with E-state index in [0.717, 1.165) is 21.7 Å². The Morgan fingerprint density at radius 2 is 1.89 bits per heavy atom. The molecule has 0 spiro atoms. The van der Waals surface area contributed by atoms with Gasteiger partial charge in [0, 0.05) is 10.4 Å². The molecule has 4 rings (SSSR count). The van der Waals surface area contributed by atoms with Crippen molar-refractivity contribution in [3.63, 3.8) is 0 Å². The summed E-state index contributed by atoms with van der Waals surface area (Å²) < 4.78 is 0. The zero-order chi connectivity index (χ0) is 18.8. The standard InChI is InChI=1S/C19H12N6S2/c20-8-11-17(15-6-3-7-26-15)12(9-21)19(25-18(11)22)27-10-16-23-13-4-1-2-5-14(13)24-16/h1-7H,10H2,(H2,22,25)(H,23,24). The molecule has 3 aromatic heterocycles. The summed E-state index contributed by atoms with van der Waals surface area (Å²) in [5, 5.41) is 21.6. The summed E-state index contributed by atoms with van der Waals surface area (Å²) in [6.45, 7) is 0. The highest BCUT2D eigenvalue weighted by atomic mass is 32.2. The van der Waals surface area contributed by atoms with Crippen LogP contribution in [0.5, 0.6) is 0 Å². The summed E-state index contributed by atoms with van der Waals surface area (Å²) in [4.78, 5) is 12.9. The van der Waals surface area contributed by atoms with Gasteiger partial charge in [0.1, 0.15) is 34.4 Å². The minimum absolute atomic E-state index is 0.131. The van der Waals surface area contributed by atoms with E-state index in [1.54, 1.807) is 0 Å². The zero-order valence-corrected chi connectivity index (χ0v) is 15.6. The molecule has 0 radical (unpaired) electrons. The second-order valence-corrected chi connectivity index (χ2v) is 7.53. The van der Waals surface area contributed by atoms with Gasteiger partial charge in [-0.15, -0.1) is 11.3 Å². The van der Waals surface area contributed by atoms with Gasteiger partial charge in [0.15, 0.2) is 0 Å². The first kappa shape index (κ1) is 17.1. The summed E-state index contributed by atoms with van der Waals surface area (Å²) in [5.41, 5.74) is 9.02. The first-order chi connectivity index (χ1) is 13.2. The largest absolute Gasteiger partial charge is 0.383 e. The Balaban J connectivity index is 1.74. The summed E-state index contributed by atoms with van der Waals surface area (Å²) in [7, 11) is 0. The molecule has 0 amide bonds. The fourth-order valence-electron chi connectivity index (χ4n) is 2.78. The van der Waals surface area contributed by atoms with Crippen molar-refractivity contribution in [1.29, 1.82) is 10.5 Å². The van der Waals surface area contributed by atoms with E-state index in [-0.39, 0.29) is 11.4 Å². The van der Waals surface area contributed by atoms with Crippen LogP contribution in [-0.4, -0.2) is 15.0 Å². The monoisotopic (exact) mass is 388 g/mol. The highest BCUT2D eigenvalue weighted by Gasteiger charge is 2.21. The number of hydrogen-bond acceptors (Lipinski definition) is 7. The highest BCUT2D eigenvalue weighted by molar-refractivity contribution is 7.98. The molecule has 6 nitrogen and oxygen atoms in total. The Hall–Kier alpha value is -3.33. The molecule has 0 saturated heterocycles. The van der Waals surface area contributed by atoms with Gasteiger partial charge in [-0.05, 0) is 23.6 Å². The van der Waals surface area contributed by atoms with E-state index in [2.05, 4.69) is 27.1 Å². The fourth-order valence-corrected chi connectivity index (χ4v) is 4.43. The lowest BCUT2D eigenvalue weighted by Gasteiger charge is -2.11. The number of nitrogen functional groups attached to an aromatic ring is 1. The normalized spacial score (nSPS) is 10.6. The molecule has 0 bridgehead atoms. The molecule has 3 N–H and O–H groups in total. The smallest absolute Gasteiger partial charge is 0.143 e. The van der Waals surface area contributed by atoms with Crippen molar-refractivity contribution in [1.82, 2.24) is 15.0 Å². The van der Waals surface area contributed by atoms with Crippen LogP contribution >= 0.6 is 23.1 Å². The Morgan fingerprint density at radius 3 is 2.59 bits per heavy atom. The number of nitrogens with two attached hydrogens (primary N) is 1. The van der Waals surface area contributed by atoms with Crippen molar-refractivity contribution in [2.24, 2.45) is 0 Å². The van der Waals surface area contributed by atoms with Gasteiger partial charge in [-0.25, -0.2) is 9.97 Å². The molecule has 3 heterocycles. The van der Waals surface area contributed by atoms with Crippen LogP contribution in [0.1, 0.15) is 17.0 Å². The number of thiophene rings is 1. The molecule has 0 aliphatic carbocycles. The minimum Gasteiger partial charge on any atom is -0.383 e. The average molecular weight is 388 g/mol. The summed E-state index contributed by atoms with van der Waals surface area (Å²) in [5.74, 6) is 1.42. The first-order valence-electron chi connectivity index (χ1n) is 7.95. The summed E-state index contributed by atoms with van der Waals surface area (Å²) in [6, 6.07) is 15.8. The number of nitriles is 2. The van der Waals surface area contributed by atoms with E-state index < -0.39 is 0 Å². The van der Waals surface area contributed by atoms with Crippen LogP contribution in [0.15, 0.2) is 46.8 Å². The molecule has 130 valence electrons. The van der Waals surface area contributed by atoms with Crippen LogP contribution in [0.25, 0.3) is 21.5 Å². The van der Waals surface area contributed by atoms with Crippen molar-refractivity contribution < 1.29 is 0 Å². The highest BCUT2D eigenvalue weighted by Crippen LogP contribution is 2.38. The number of para-hydroxylation sites is 2. The average Bonchev–Trinajstić information content (AvgIpc) is 3.35. The molecular weight excluding hydrogens is 376 g/mol. The molecule has 27 heavy (non-hydrogen) atoms. The van der Waals surface area contributed by atoms with Crippen LogP contribution in [-0.2, 0) is 5.75 Å². The molecule has 0 aliphatic heterocycles. The second kappa shape index (κ2) is 7.12. The molecule has 0 atom stereocenters. The summed E-state index contributed by atoms with van der Waals surface area (Å²) >= 11 is 2.83. The van der Waals surface area contributed by atoms with Gasteiger partial charge in [-0.3, -0.25) is 0 Å². The molecular formula is C19H12N6S2. The quantitative estimate of drug-likeness (QED) is 0.504. The van der Waals surface area contributed by atoms with E-state index in [1.807, 2.05) is 41.8 Å². The number of imidazole rings is 1. The Labute approximate surface area is 163 Å². The van der Waals surface area contributed by atoms with E-state index in [9.17, 15) is 10.5 Å². The third-order valence-electron chi connectivity index (χ3n) is 3.97. The molecule has 8 heteroatoms. The van der Waals surface area contributed by atoms with Gasteiger partial charge in [0.05, 0.1) is 22.3 Å². The van der Waals surface area contributed by atoms with Gasteiger partial charge in [0.2, 0.25) is 0 Å². The number of fused-ring (bicyclic) bond motifs is 1. The topological polar surface area (TPSA) is 115 Å². The number of aromatic nitrogens is 3. The number of hydrogen-bond donors (Lipinski definition) is 2. The summed E-state index contributed by atoms with van der Waals surface area (Å²) in [6.07, 6.45) is 0. The van der Waals surface area contributed by atoms with E-state index in [4.69, 9.17) is 5.73 Å². The maximum absolute atomic E-state index is 9.75.